The Morgan fingerprint density at radius 1 is 1.21 bits per heavy atom. The van der Waals surface area contributed by atoms with Gasteiger partial charge >= 0.3 is 0 Å². The molecule has 0 atom stereocenters. The van der Waals surface area contributed by atoms with E-state index < -0.39 is 0 Å². The van der Waals surface area contributed by atoms with Gasteiger partial charge in [0.2, 0.25) is 0 Å². The van der Waals surface area contributed by atoms with Crippen LogP contribution in [0.1, 0.15) is 32.3 Å². The second-order valence-corrected chi connectivity index (χ2v) is 3.73. The lowest BCUT2D eigenvalue weighted by atomic mass is 10.1. The van der Waals surface area contributed by atoms with E-state index in [9.17, 15) is 0 Å². The molecule has 0 saturated carbocycles. The fourth-order valence-corrected chi connectivity index (χ4v) is 1.33. The van der Waals surface area contributed by atoms with E-state index in [-0.39, 0.29) is 0 Å². The van der Waals surface area contributed by atoms with E-state index in [0.29, 0.717) is 0 Å². The Kier molecular flexibility index (Phi) is 4.82. The molecule has 74 valence electrons. The van der Waals surface area contributed by atoms with Crippen molar-refractivity contribution in [3.63, 3.8) is 0 Å². The Morgan fingerprint density at radius 2 is 1.93 bits per heavy atom. The normalized spacial score (nSPS) is 9.29. The van der Waals surface area contributed by atoms with E-state index in [1.807, 2.05) is 0 Å². The summed E-state index contributed by atoms with van der Waals surface area (Å²) in [5.74, 6) is 0. The molecule has 0 fully saturated rings. The van der Waals surface area contributed by atoms with Crippen molar-refractivity contribution in [1.82, 2.24) is 0 Å². The summed E-state index contributed by atoms with van der Waals surface area (Å²) < 4.78 is 0. The van der Waals surface area contributed by atoms with E-state index in [1.165, 1.54) is 24.0 Å². The molecular formula is C14H18. The van der Waals surface area contributed by atoms with Crippen LogP contribution in [0.25, 0.3) is 0 Å². The lowest BCUT2D eigenvalue weighted by molar-refractivity contribution is 0.843. The summed E-state index contributed by atoms with van der Waals surface area (Å²) in [6, 6.07) is 10.6. The maximum atomic E-state index is 3.22. The molecule has 0 unspecified atom stereocenters. The third kappa shape index (κ3) is 4.69. The Hall–Kier alpha value is -1.26. The molecule has 0 spiro atoms. The topological polar surface area (TPSA) is 0 Å². The molecule has 1 aromatic carbocycles. The average molecular weight is 186 g/mol. The first kappa shape index (κ1) is 10.8. The molecule has 14 heavy (non-hydrogen) atoms. The first-order valence-electron chi connectivity index (χ1n) is 5.21. The first-order valence-corrected chi connectivity index (χ1v) is 5.21. The number of aryl methyl sites for hydroxylation is 1. The monoisotopic (exact) mass is 186 g/mol. The van der Waals surface area contributed by atoms with Crippen LogP contribution in [0.3, 0.4) is 0 Å². The van der Waals surface area contributed by atoms with Crippen molar-refractivity contribution in [3.8, 4) is 0 Å². The number of allylic oxidation sites excluding steroid dienone is 1. The van der Waals surface area contributed by atoms with Crippen LogP contribution in [0.2, 0.25) is 0 Å². The highest BCUT2D eigenvalue weighted by molar-refractivity contribution is 5.14. The number of benzene rings is 1. The van der Waals surface area contributed by atoms with Gasteiger partial charge in [-0.2, -0.15) is 0 Å². The molecule has 0 N–H and O–H groups in total. The Bertz CT molecular complexity index is 309. The molecule has 1 rings (SSSR count). The molecule has 0 radical (unpaired) electrons. The predicted octanol–water partition coefficient (Wildman–Crippen LogP) is 4.13. The lowest BCUT2D eigenvalue weighted by Crippen LogP contribution is -1.82. The van der Waals surface area contributed by atoms with E-state index >= 15 is 0 Å². The van der Waals surface area contributed by atoms with Crippen LogP contribution in [0, 0.1) is 0 Å². The molecular weight excluding hydrogens is 168 g/mol. The third-order valence-corrected chi connectivity index (χ3v) is 2.05. The third-order valence-electron chi connectivity index (χ3n) is 2.05. The predicted molar refractivity (Wildman–Crippen MR) is 62.3 cm³/mol. The minimum atomic E-state index is 1.13. The van der Waals surface area contributed by atoms with Gasteiger partial charge in [0.05, 0.1) is 0 Å². The zero-order valence-electron chi connectivity index (χ0n) is 9.09. The quantitative estimate of drug-likeness (QED) is 0.490. The molecule has 0 aromatic heterocycles. The molecule has 0 heterocycles. The maximum Gasteiger partial charge on any atom is -0.0271 e. The van der Waals surface area contributed by atoms with Crippen LogP contribution in [-0.4, -0.2) is 0 Å². The van der Waals surface area contributed by atoms with E-state index in [0.717, 1.165) is 6.42 Å². The molecule has 0 amide bonds. The summed E-state index contributed by atoms with van der Waals surface area (Å²) in [5.41, 5.74) is 5.91. The minimum absolute atomic E-state index is 1.13. The van der Waals surface area contributed by atoms with Gasteiger partial charge in [0.1, 0.15) is 0 Å². The highest BCUT2D eigenvalue weighted by Crippen LogP contribution is 2.04. The molecule has 1 aromatic rings. The van der Waals surface area contributed by atoms with Gasteiger partial charge in [-0.05, 0) is 50.3 Å². The first-order chi connectivity index (χ1) is 6.79. The summed E-state index contributed by atoms with van der Waals surface area (Å²) >= 11 is 0. The van der Waals surface area contributed by atoms with Crippen molar-refractivity contribution in [2.45, 2.75) is 33.1 Å². The summed E-state index contributed by atoms with van der Waals surface area (Å²) in [6.45, 7) is 4.15. The van der Waals surface area contributed by atoms with Crippen molar-refractivity contribution in [2.75, 3.05) is 0 Å². The van der Waals surface area contributed by atoms with Crippen molar-refractivity contribution < 1.29 is 0 Å². The van der Waals surface area contributed by atoms with Crippen molar-refractivity contribution in [1.29, 1.82) is 0 Å². The van der Waals surface area contributed by atoms with Gasteiger partial charge in [0, 0.05) is 0 Å². The van der Waals surface area contributed by atoms with Crippen LogP contribution < -0.4 is 0 Å². The molecule has 0 aliphatic heterocycles. The van der Waals surface area contributed by atoms with Crippen LogP contribution in [-0.2, 0) is 6.42 Å². The highest BCUT2D eigenvalue weighted by atomic mass is 13.9. The summed E-state index contributed by atoms with van der Waals surface area (Å²) in [6.07, 6.45) is 5.64. The largest absolute Gasteiger partial charge is 0.127 e. The molecule has 0 bridgehead atoms. The second-order valence-electron chi connectivity index (χ2n) is 3.73. The fourth-order valence-electron chi connectivity index (χ4n) is 1.33. The Balaban J connectivity index is 2.26. The summed E-state index contributed by atoms with van der Waals surface area (Å²) in [7, 11) is 0. The number of rotatable bonds is 4. The SMILES string of the molecule is CC(C)=C=CCCCc1ccccc1. The van der Waals surface area contributed by atoms with Gasteiger partial charge in [0.15, 0.2) is 0 Å². The van der Waals surface area contributed by atoms with E-state index in [2.05, 4.69) is 56.0 Å². The number of hydrogen-bond donors (Lipinski definition) is 0. The Labute approximate surface area is 87.0 Å². The minimum Gasteiger partial charge on any atom is -0.127 e. The second kappa shape index (κ2) is 6.23. The van der Waals surface area contributed by atoms with Crippen LogP contribution in [0.15, 0.2) is 47.7 Å². The Morgan fingerprint density at radius 3 is 2.57 bits per heavy atom. The van der Waals surface area contributed by atoms with Gasteiger partial charge in [-0.1, -0.05) is 30.3 Å². The van der Waals surface area contributed by atoms with Crippen molar-refractivity contribution >= 4 is 0 Å². The van der Waals surface area contributed by atoms with Crippen LogP contribution in [0.5, 0.6) is 0 Å². The van der Waals surface area contributed by atoms with Crippen molar-refractivity contribution in [3.05, 3.63) is 53.3 Å². The van der Waals surface area contributed by atoms with Crippen LogP contribution >= 0.6 is 0 Å². The van der Waals surface area contributed by atoms with Gasteiger partial charge in [0.25, 0.3) is 0 Å². The lowest BCUT2D eigenvalue weighted by Gasteiger charge is -1.97. The van der Waals surface area contributed by atoms with Gasteiger partial charge in [-0.15, -0.1) is 5.73 Å². The van der Waals surface area contributed by atoms with Gasteiger partial charge < -0.3 is 0 Å². The maximum absolute atomic E-state index is 3.22. The number of hydrogen-bond acceptors (Lipinski definition) is 0. The fraction of sp³-hybridized carbons (Fsp3) is 0.357. The zero-order valence-corrected chi connectivity index (χ0v) is 9.09. The molecule has 0 aliphatic rings. The summed E-state index contributed by atoms with van der Waals surface area (Å²) in [5, 5.41) is 0. The smallest absolute Gasteiger partial charge is 0.0271 e. The summed E-state index contributed by atoms with van der Waals surface area (Å²) in [4.78, 5) is 0. The van der Waals surface area contributed by atoms with Gasteiger partial charge in [-0.3, -0.25) is 0 Å². The molecule has 0 heteroatoms. The molecule has 0 aliphatic carbocycles. The van der Waals surface area contributed by atoms with Crippen LogP contribution in [0.4, 0.5) is 0 Å². The standard InChI is InChI=1S/C14H18/c1-13(2)9-5-3-6-10-14-11-7-4-8-12-14/h4-5,7-8,11-12H,3,6,10H2,1-2H3. The zero-order chi connectivity index (χ0) is 10.2. The molecule has 0 saturated heterocycles. The van der Waals surface area contributed by atoms with E-state index in [1.54, 1.807) is 0 Å². The average Bonchev–Trinajstić information content (AvgIpc) is 2.18. The van der Waals surface area contributed by atoms with Gasteiger partial charge in [-0.25, -0.2) is 0 Å². The van der Waals surface area contributed by atoms with E-state index in [4.69, 9.17) is 0 Å². The van der Waals surface area contributed by atoms with Crippen molar-refractivity contribution in [2.24, 2.45) is 0 Å². The highest BCUT2D eigenvalue weighted by Gasteiger charge is 1.89. The molecule has 0 nitrogen and oxygen atoms in total. The number of unbranched alkanes of at least 4 members (excludes halogenated alkanes) is 1.